The van der Waals surface area contributed by atoms with Crippen LogP contribution >= 0.6 is 0 Å². The molecule has 2 N–H and O–H groups in total. The molecule has 0 aliphatic carbocycles. The van der Waals surface area contributed by atoms with E-state index in [2.05, 4.69) is 14.5 Å². The lowest BCUT2D eigenvalue weighted by atomic mass is 10.2. The topological polar surface area (TPSA) is 65.5 Å². The number of methoxy groups -OCH3 is 2. The first-order chi connectivity index (χ1) is 9.97. The van der Waals surface area contributed by atoms with Gasteiger partial charge in [-0.25, -0.2) is 4.98 Å². The molecular formula is C15H24N4O2. The van der Waals surface area contributed by atoms with Crippen molar-refractivity contribution in [1.29, 1.82) is 0 Å². The number of hydrogen-bond donors (Lipinski definition) is 1. The summed E-state index contributed by atoms with van der Waals surface area (Å²) in [7, 11) is 7.36. The molecule has 6 heteroatoms. The van der Waals surface area contributed by atoms with E-state index in [1.807, 2.05) is 33.2 Å². The molecule has 116 valence electrons. The molecule has 0 fully saturated rings. The lowest BCUT2D eigenvalue weighted by Crippen LogP contribution is -2.21. The molecular weight excluding hydrogens is 268 g/mol. The number of ether oxygens (including phenoxy) is 2. The predicted octanol–water partition coefficient (Wildman–Crippen LogP) is 1.63. The van der Waals surface area contributed by atoms with Crippen LogP contribution in [0.25, 0.3) is 11.0 Å². The molecule has 0 spiro atoms. The standard InChI is InChI=1S/C15H24N4O2/c1-10(16)15-17-11-8-13(20-4)14(21-5)9-12(11)19(15)7-6-18(2)3/h8-10H,6-7,16H2,1-5H3. The monoisotopic (exact) mass is 292 g/mol. The largest absolute Gasteiger partial charge is 0.493 e. The number of benzene rings is 1. The van der Waals surface area contributed by atoms with Crippen molar-refractivity contribution >= 4 is 11.0 Å². The van der Waals surface area contributed by atoms with Crippen molar-refractivity contribution in [2.45, 2.75) is 19.5 Å². The Labute approximate surface area is 125 Å². The second kappa shape index (κ2) is 6.32. The molecule has 2 aromatic rings. The highest BCUT2D eigenvalue weighted by molar-refractivity contribution is 5.80. The van der Waals surface area contributed by atoms with E-state index in [-0.39, 0.29) is 6.04 Å². The van der Waals surface area contributed by atoms with Crippen LogP contribution in [0.4, 0.5) is 0 Å². The molecule has 6 nitrogen and oxygen atoms in total. The van der Waals surface area contributed by atoms with Gasteiger partial charge in [-0.15, -0.1) is 0 Å². The molecule has 0 saturated heterocycles. The Balaban J connectivity index is 2.58. The van der Waals surface area contributed by atoms with E-state index >= 15 is 0 Å². The van der Waals surface area contributed by atoms with E-state index in [9.17, 15) is 0 Å². The number of hydrogen-bond acceptors (Lipinski definition) is 5. The minimum absolute atomic E-state index is 0.128. The molecule has 0 amide bonds. The van der Waals surface area contributed by atoms with Gasteiger partial charge in [0.25, 0.3) is 0 Å². The fourth-order valence-corrected chi connectivity index (χ4v) is 2.35. The minimum atomic E-state index is -0.128. The zero-order valence-corrected chi connectivity index (χ0v) is 13.4. The number of nitrogens with two attached hydrogens (primary N) is 1. The SMILES string of the molecule is COc1cc2nc(C(C)N)n(CCN(C)C)c2cc1OC. The normalized spacial score (nSPS) is 12.9. The molecule has 1 heterocycles. The van der Waals surface area contributed by atoms with Crippen molar-refractivity contribution in [3.8, 4) is 11.5 Å². The van der Waals surface area contributed by atoms with Gasteiger partial charge in [0.15, 0.2) is 11.5 Å². The third-order valence-corrected chi connectivity index (χ3v) is 3.46. The Morgan fingerprint density at radius 3 is 2.38 bits per heavy atom. The Kier molecular flexibility index (Phi) is 4.69. The number of rotatable bonds is 6. The third kappa shape index (κ3) is 3.11. The number of nitrogens with zero attached hydrogens (tertiary/aromatic N) is 3. The molecule has 0 bridgehead atoms. The van der Waals surface area contributed by atoms with Crippen LogP contribution in [-0.4, -0.2) is 49.3 Å². The zero-order valence-electron chi connectivity index (χ0n) is 13.4. The fraction of sp³-hybridized carbons (Fsp3) is 0.533. The zero-order chi connectivity index (χ0) is 15.6. The van der Waals surface area contributed by atoms with Gasteiger partial charge in [-0.3, -0.25) is 0 Å². The summed E-state index contributed by atoms with van der Waals surface area (Å²) in [5.74, 6) is 2.26. The molecule has 0 radical (unpaired) electrons. The van der Waals surface area contributed by atoms with Gasteiger partial charge >= 0.3 is 0 Å². The van der Waals surface area contributed by atoms with Crippen molar-refractivity contribution in [2.24, 2.45) is 5.73 Å². The number of likely N-dealkylation sites (N-methyl/N-ethyl adjacent to an activating group) is 1. The fourth-order valence-electron chi connectivity index (χ4n) is 2.35. The van der Waals surface area contributed by atoms with Gasteiger partial charge in [0.1, 0.15) is 5.82 Å². The highest BCUT2D eigenvalue weighted by atomic mass is 16.5. The van der Waals surface area contributed by atoms with Gasteiger partial charge in [-0.1, -0.05) is 0 Å². The van der Waals surface area contributed by atoms with Crippen molar-refractivity contribution in [2.75, 3.05) is 34.9 Å². The van der Waals surface area contributed by atoms with Gasteiger partial charge < -0.3 is 24.7 Å². The Bertz CT molecular complexity index is 620. The number of fused-ring (bicyclic) bond motifs is 1. The minimum Gasteiger partial charge on any atom is -0.493 e. The molecule has 0 aliphatic rings. The molecule has 0 aliphatic heterocycles. The van der Waals surface area contributed by atoms with Crippen LogP contribution in [0.2, 0.25) is 0 Å². The van der Waals surface area contributed by atoms with Gasteiger partial charge in [0.2, 0.25) is 0 Å². The van der Waals surface area contributed by atoms with E-state index in [0.717, 1.165) is 29.9 Å². The van der Waals surface area contributed by atoms with E-state index in [0.29, 0.717) is 11.5 Å². The molecule has 2 rings (SSSR count). The van der Waals surface area contributed by atoms with Crippen molar-refractivity contribution in [3.63, 3.8) is 0 Å². The summed E-state index contributed by atoms with van der Waals surface area (Å²) < 4.78 is 12.9. The van der Waals surface area contributed by atoms with Crippen LogP contribution in [0.1, 0.15) is 18.8 Å². The van der Waals surface area contributed by atoms with Crippen LogP contribution in [-0.2, 0) is 6.54 Å². The van der Waals surface area contributed by atoms with E-state index < -0.39 is 0 Å². The Hall–Kier alpha value is -1.79. The maximum atomic E-state index is 6.07. The quantitative estimate of drug-likeness (QED) is 0.876. The van der Waals surface area contributed by atoms with E-state index in [4.69, 9.17) is 15.2 Å². The average molecular weight is 292 g/mol. The summed E-state index contributed by atoms with van der Waals surface area (Å²) in [5, 5.41) is 0. The lowest BCUT2D eigenvalue weighted by molar-refractivity contribution is 0.355. The predicted molar refractivity (Wildman–Crippen MR) is 84.0 cm³/mol. The number of imidazole rings is 1. The molecule has 0 saturated carbocycles. The second-order valence-corrected chi connectivity index (χ2v) is 5.41. The Morgan fingerprint density at radius 1 is 1.24 bits per heavy atom. The molecule has 1 atom stereocenters. The first kappa shape index (κ1) is 15.6. The summed E-state index contributed by atoms with van der Waals surface area (Å²) in [6.45, 7) is 3.69. The molecule has 21 heavy (non-hydrogen) atoms. The first-order valence-electron chi connectivity index (χ1n) is 7.00. The van der Waals surface area contributed by atoms with E-state index in [1.165, 1.54) is 0 Å². The highest BCUT2D eigenvalue weighted by Gasteiger charge is 2.17. The Morgan fingerprint density at radius 2 is 1.86 bits per heavy atom. The average Bonchev–Trinajstić information content (AvgIpc) is 2.81. The molecule has 1 unspecified atom stereocenters. The van der Waals surface area contributed by atoms with Gasteiger partial charge in [0.05, 0.1) is 31.3 Å². The van der Waals surface area contributed by atoms with Crippen LogP contribution in [0.3, 0.4) is 0 Å². The van der Waals surface area contributed by atoms with Crippen molar-refractivity contribution in [3.05, 3.63) is 18.0 Å². The van der Waals surface area contributed by atoms with Gasteiger partial charge in [-0.2, -0.15) is 0 Å². The van der Waals surface area contributed by atoms with Crippen LogP contribution in [0.5, 0.6) is 11.5 Å². The van der Waals surface area contributed by atoms with Gasteiger partial charge in [-0.05, 0) is 21.0 Å². The summed E-state index contributed by atoms with van der Waals surface area (Å²) in [4.78, 5) is 6.79. The summed E-state index contributed by atoms with van der Waals surface area (Å²) >= 11 is 0. The van der Waals surface area contributed by atoms with Crippen molar-refractivity contribution < 1.29 is 9.47 Å². The maximum Gasteiger partial charge on any atom is 0.163 e. The van der Waals surface area contributed by atoms with Crippen molar-refractivity contribution in [1.82, 2.24) is 14.5 Å². The summed E-state index contributed by atoms with van der Waals surface area (Å²) in [5.41, 5.74) is 7.96. The van der Waals surface area contributed by atoms with Crippen LogP contribution < -0.4 is 15.2 Å². The smallest absolute Gasteiger partial charge is 0.163 e. The second-order valence-electron chi connectivity index (χ2n) is 5.41. The molecule has 1 aromatic carbocycles. The first-order valence-corrected chi connectivity index (χ1v) is 7.00. The highest BCUT2D eigenvalue weighted by Crippen LogP contribution is 2.33. The summed E-state index contributed by atoms with van der Waals surface area (Å²) in [6.07, 6.45) is 0. The van der Waals surface area contributed by atoms with Gasteiger partial charge in [0, 0.05) is 25.2 Å². The molecule has 1 aromatic heterocycles. The third-order valence-electron chi connectivity index (χ3n) is 3.46. The van der Waals surface area contributed by atoms with Crippen LogP contribution in [0.15, 0.2) is 12.1 Å². The summed E-state index contributed by atoms with van der Waals surface area (Å²) in [6, 6.07) is 3.73. The lowest BCUT2D eigenvalue weighted by Gasteiger charge is -2.15. The van der Waals surface area contributed by atoms with Crippen LogP contribution in [0, 0.1) is 0 Å². The maximum absolute atomic E-state index is 6.07. The number of aromatic nitrogens is 2. The van der Waals surface area contributed by atoms with E-state index in [1.54, 1.807) is 14.2 Å².